The molecule has 5 heteroatoms. The first-order valence-corrected chi connectivity index (χ1v) is 5.39. The molecule has 0 aliphatic carbocycles. The van der Waals surface area contributed by atoms with Crippen LogP contribution in [0.1, 0.15) is 0 Å². The number of aromatic amines is 1. The highest BCUT2D eigenvalue weighted by molar-refractivity contribution is 9.10. The molecule has 0 saturated carbocycles. The van der Waals surface area contributed by atoms with E-state index in [0.29, 0.717) is 5.69 Å². The van der Waals surface area contributed by atoms with Crippen molar-refractivity contribution < 1.29 is 4.74 Å². The topological polar surface area (TPSA) is 55.0 Å². The Bertz CT molecular complexity index is 546. The van der Waals surface area contributed by atoms with Gasteiger partial charge in [0.2, 0.25) is 0 Å². The molecule has 0 spiro atoms. The van der Waals surface area contributed by atoms with Gasteiger partial charge in [-0.25, -0.2) is 5.10 Å². The summed E-state index contributed by atoms with van der Waals surface area (Å²) in [5.41, 5.74) is 1.34. The molecule has 1 aromatic heterocycles. The van der Waals surface area contributed by atoms with Crippen LogP contribution in [0.3, 0.4) is 0 Å². The van der Waals surface area contributed by atoms with Gasteiger partial charge in [-0.1, -0.05) is 15.9 Å². The van der Waals surface area contributed by atoms with Crippen molar-refractivity contribution in [3.63, 3.8) is 0 Å². The van der Waals surface area contributed by atoms with E-state index in [1.807, 2.05) is 18.2 Å². The number of nitrogens with zero attached hydrogens (tertiary/aromatic N) is 1. The van der Waals surface area contributed by atoms with Gasteiger partial charge in [-0.2, -0.15) is 5.10 Å². The Hall–Kier alpha value is -1.62. The normalized spacial score (nSPS) is 10.1. The molecular weight excluding hydrogens is 272 g/mol. The van der Waals surface area contributed by atoms with Crippen LogP contribution in [0.2, 0.25) is 0 Å². The van der Waals surface area contributed by atoms with Gasteiger partial charge in [0.25, 0.3) is 5.56 Å². The van der Waals surface area contributed by atoms with Crippen LogP contribution in [-0.4, -0.2) is 17.3 Å². The Morgan fingerprint density at radius 3 is 2.75 bits per heavy atom. The summed E-state index contributed by atoms with van der Waals surface area (Å²) in [5.74, 6) is 0.742. The fourth-order valence-electron chi connectivity index (χ4n) is 1.32. The lowest BCUT2D eigenvalue weighted by molar-refractivity contribution is 0.415. The Balaban J connectivity index is 2.54. The second kappa shape index (κ2) is 4.49. The summed E-state index contributed by atoms with van der Waals surface area (Å²) in [4.78, 5) is 10.9. The zero-order valence-electron chi connectivity index (χ0n) is 8.53. The number of ether oxygens (including phenoxy) is 1. The predicted molar refractivity (Wildman–Crippen MR) is 64.5 cm³/mol. The molecule has 2 rings (SSSR count). The van der Waals surface area contributed by atoms with E-state index >= 15 is 0 Å². The fraction of sp³-hybridized carbons (Fsp3) is 0.0909. The lowest BCUT2D eigenvalue weighted by Crippen LogP contribution is -2.05. The highest BCUT2D eigenvalue weighted by Gasteiger charge is 2.06. The molecule has 4 nitrogen and oxygen atoms in total. The second-order valence-electron chi connectivity index (χ2n) is 3.15. The maximum atomic E-state index is 10.9. The van der Waals surface area contributed by atoms with E-state index in [-0.39, 0.29) is 5.56 Å². The first kappa shape index (κ1) is 10.9. The van der Waals surface area contributed by atoms with Crippen LogP contribution in [0, 0.1) is 0 Å². The molecule has 1 N–H and O–H groups in total. The van der Waals surface area contributed by atoms with Gasteiger partial charge in [-0.3, -0.25) is 4.79 Å². The highest BCUT2D eigenvalue weighted by atomic mass is 79.9. The van der Waals surface area contributed by atoms with E-state index < -0.39 is 0 Å². The zero-order valence-corrected chi connectivity index (χ0v) is 10.1. The Kier molecular flexibility index (Phi) is 3.05. The molecule has 0 amide bonds. The van der Waals surface area contributed by atoms with Crippen LogP contribution in [0.5, 0.6) is 5.75 Å². The molecule has 2 aromatic rings. The highest BCUT2D eigenvalue weighted by Crippen LogP contribution is 2.29. The van der Waals surface area contributed by atoms with Crippen molar-refractivity contribution >= 4 is 15.9 Å². The molecule has 0 unspecified atom stereocenters. The van der Waals surface area contributed by atoms with Crippen molar-refractivity contribution in [1.29, 1.82) is 0 Å². The predicted octanol–water partition coefficient (Wildman–Crippen LogP) is 2.21. The van der Waals surface area contributed by atoms with Gasteiger partial charge in [0.05, 0.1) is 12.8 Å². The van der Waals surface area contributed by atoms with E-state index in [2.05, 4.69) is 26.1 Å². The molecule has 0 bridgehead atoms. The largest absolute Gasteiger partial charge is 0.497 e. The molecule has 0 fully saturated rings. The molecule has 16 heavy (non-hydrogen) atoms. The van der Waals surface area contributed by atoms with Crippen molar-refractivity contribution in [2.45, 2.75) is 0 Å². The third kappa shape index (κ3) is 2.14. The van der Waals surface area contributed by atoms with Gasteiger partial charge in [0, 0.05) is 16.1 Å². The van der Waals surface area contributed by atoms with Crippen LogP contribution in [0.4, 0.5) is 0 Å². The number of nitrogens with one attached hydrogen (secondary N) is 1. The Labute approximate surface area is 100 Å². The smallest absolute Gasteiger partial charge is 0.264 e. The maximum absolute atomic E-state index is 10.9. The van der Waals surface area contributed by atoms with Gasteiger partial charge in [-0.05, 0) is 24.3 Å². The SMILES string of the molecule is COc1ccc(Br)c(-c2ccc(=O)[nH]n2)c1. The quantitative estimate of drug-likeness (QED) is 0.918. The summed E-state index contributed by atoms with van der Waals surface area (Å²) < 4.78 is 6.03. The van der Waals surface area contributed by atoms with Crippen LogP contribution in [0.25, 0.3) is 11.3 Å². The van der Waals surface area contributed by atoms with Crippen LogP contribution < -0.4 is 10.3 Å². The van der Waals surface area contributed by atoms with Gasteiger partial charge in [-0.15, -0.1) is 0 Å². The number of benzene rings is 1. The lowest BCUT2D eigenvalue weighted by atomic mass is 10.1. The molecule has 0 radical (unpaired) electrons. The first-order chi connectivity index (χ1) is 7.70. The molecule has 0 atom stereocenters. The number of aromatic nitrogens is 2. The van der Waals surface area contributed by atoms with E-state index in [4.69, 9.17) is 4.74 Å². The van der Waals surface area contributed by atoms with Crippen molar-refractivity contribution in [3.8, 4) is 17.0 Å². The van der Waals surface area contributed by atoms with Crippen LogP contribution in [-0.2, 0) is 0 Å². The average Bonchev–Trinajstić information content (AvgIpc) is 2.31. The van der Waals surface area contributed by atoms with Gasteiger partial charge in [0.15, 0.2) is 0 Å². The standard InChI is InChI=1S/C11H9BrN2O2/c1-16-7-2-3-9(12)8(6-7)10-4-5-11(15)14-13-10/h2-6H,1H3,(H,14,15). The number of hydrogen-bond donors (Lipinski definition) is 1. The second-order valence-corrected chi connectivity index (χ2v) is 4.01. The zero-order chi connectivity index (χ0) is 11.5. The van der Waals surface area contributed by atoms with Gasteiger partial charge < -0.3 is 4.74 Å². The summed E-state index contributed by atoms with van der Waals surface area (Å²) in [6, 6.07) is 8.68. The van der Waals surface area contributed by atoms with Crippen molar-refractivity contribution in [1.82, 2.24) is 10.2 Å². The monoisotopic (exact) mass is 280 g/mol. The summed E-state index contributed by atoms with van der Waals surface area (Å²) in [6.07, 6.45) is 0. The molecule has 1 heterocycles. The van der Waals surface area contributed by atoms with Gasteiger partial charge in [0.1, 0.15) is 5.75 Å². The molecule has 82 valence electrons. The molecular formula is C11H9BrN2O2. The summed E-state index contributed by atoms with van der Waals surface area (Å²) in [7, 11) is 1.60. The number of H-pyrrole nitrogens is 1. The molecule has 0 aliphatic heterocycles. The Morgan fingerprint density at radius 2 is 2.12 bits per heavy atom. The van der Waals surface area contributed by atoms with Crippen LogP contribution >= 0.6 is 15.9 Å². The summed E-state index contributed by atoms with van der Waals surface area (Å²) in [5, 5.41) is 6.36. The van der Waals surface area contributed by atoms with Crippen LogP contribution in [0.15, 0.2) is 39.6 Å². The minimum atomic E-state index is -0.220. The summed E-state index contributed by atoms with van der Waals surface area (Å²) in [6.45, 7) is 0. The molecule has 0 saturated heterocycles. The van der Waals surface area contributed by atoms with Crippen molar-refractivity contribution in [3.05, 3.63) is 45.2 Å². The van der Waals surface area contributed by atoms with Crippen molar-refractivity contribution in [2.24, 2.45) is 0 Å². The number of methoxy groups -OCH3 is 1. The van der Waals surface area contributed by atoms with E-state index in [1.165, 1.54) is 6.07 Å². The maximum Gasteiger partial charge on any atom is 0.264 e. The minimum absolute atomic E-state index is 0.220. The fourth-order valence-corrected chi connectivity index (χ4v) is 1.77. The van der Waals surface area contributed by atoms with E-state index in [1.54, 1.807) is 13.2 Å². The number of hydrogen-bond acceptors (Lipinski definition) is 3. The third-order valence-electron chi connectivity index (χ3n) is 2.13. The average molecular weight is 281 g/mol. The number of rotatable bonds is 2. The molecule has 1 aromatic carbocycles. The van der Waals surface area contributed by atoms with Crippen molar-refractivity contribution in [2.75, 3.05) is 7.11 Å². The molecule has 0 aliphatic rings. The first-order valence-electron chi connectivity index (χ1n) is 4.60. The Morgan fingerprint density at radius 1 is 1.31 bits per heavy atom. The summed E-state index contributed by atoms with van der Waals surface area (Å²) >= 11 is 3.43. The lowest BCUT2D eigenvalue weighted by Gasteiger charge is -2.05. The number of halogens is 1. The third-order valence-corrected chi connectivity index (χ3v) is 2.82. The van der Waals surface area contributed by atoms with E-state index in [0.717, 1.165) is 15.8 Å². The minimum Gasteiger partial charge on any atom is -0.497 e. The van der Waals surface area contributed by atoms with E-state index in [9.17, 15) is 4.79 Å². The van der Waals surface area contributed by atoms with Gasteiger partial charge >= 0.3 is 0 Å².